The molecule has 4 nitrogen and oxygen atoms in total. The van der Waals surface area contributed by atoms with Crippen molar-refractivity contribution in [2.24, 2.45) is 0 Å². The van der Waals surface area contributed by atoms with Crippen LogP contribution in [0.25, 0.3) is 72.6 Å². The summed E-state index contributed by atoms with van der Waals surface area (Å²) in [7, 11) is 0. The van der Waals surface area contributed by atoms with Crippen molar-refractivity contribution in [1.82, 2.24) is 14.5 Å². The van der Waals surface area contributed by atoms with Crippen LogP contribution in [-0.2, 0) is 5.41 Å². The van der Waals surface area contributed by atoms with Gasteiger partial charge in [0.25, 0.3) is 0 Å². The molecule has 0 aliphatic rings. The monoisotopic (exact) mass is 597 g/mol. The lowest BCUT2D eigenvalue weighted by molar-refractivity contribution is 0.587. The number of fused-ring (bicyclic) bond motifs is 4. The van der Waals surface area contributed by atoms with Crippen LogP contribution < -0.4 is 0 Å². The first kappa shape index (κ1) is 28.0. The zero-order valence-electron chi connectivity index (χ0n) is 26.8. The van der Waals surface area contributed by atoms with Crippen LogP contribution in [0.15, 0.2) is 126 Å². The maximum absolute atomic E-state index is 6.68. The normalized spacial score (nSPS) is 12.0. The highest BCUT2D eigenvalue weighted by Crippen LogP contribution is 2.41. The fraction of sp³-hybridized carbons (Fsp3) is 0.143. The highest BCUT2D eigenvalue weighted by atomic mass is 16.3. The number of aromatic nitrogens is 3. The summed E-state index contributed by atoms with van der Waals surface area (Å²) in [6, 6.07) is 42.7. The van der Waals surface area contributed by atoms with E-state index in [9.17, 15) is 0 Å². The van der Waals surface area contributed by atoms with Gasteiger partial charge in [0, 0.05) is 16.3 Å². The molecule has 3 aromatic heterocycles. The zero-order chi connectivity index (χ0) is 31.6. The number of para-hydroxylation sites is 3. The number of hydrogen-bond donors (Lipinski definition) is 0. The van der Waals surface area contributed by atoms with Crippen molar-refractivity contribution >= 4 is 33.1 Å². The fourth-order valence-electron chi connectivity index (χ4n) is 6.81. The van der Waals surface area contributed by atoms with E-state index in [1.165, 1.54) is 27.8 Å². The van der Waals surface area contributed by atoms with Gasteiger partial charge in [0.1, 0.15) is 11.4 Å². The molecule has 3 heterocycles. The molecule has 5 aromatic carbocycles. The Morgan fingerprint density at radius 1 is 0.630 bits per heavy atom. The first-order valence-electron chi connectivity index (χ1n) is 15.8. The van der Waals surface area contributed by atoms with Crippen LogP contribution in [0.2, 0.25) is 0 Å². The number of furan rings is 1. The molecule has 0 fully saturated rings. The first-order chi connectivity index (χ1) is 22.3. The molecular weight excluding hydrogens is 562 g/mol. The molecule has 0 saturated carbocycles. The second-order valence-electron chi connectivity index (χ2n) is 13.2. The molecule has 8 rings (SSSR count). The van der Waals surface area contributed by atoms with Gasteiger partial charge < -0.3 is 4.42 Å². The van der Waals surface area contributed by atoms with Gasteiger partial charge in [0.05, 0.1) is 28.0 Å². The number of imidazole rings is 1. The maximum atomic E-state index is 6.68. The minimum absolute atomic E-state index is 0.123. The van der Waals surface area contributed by atoms with Crippen molar-refractivity contribution in [3.05, 3.63) is 138 Å². The molecule has 8 aromatic rings. The van der Waals surface area contributed by atoms with Gasteiger partial charge in [0.2, 0.25) is 5.71 Å². The lowest BCUT2D eigenvalue weighted by Crippen LogP contribution is -2.16. The van der Waals surface area contributed by atoms with Crippen molar-refractivity contribution in [1.29, 1.82) is 0 Å². The van der Waals surface area contributed by atoms with E-state index >= 15 is 0 Å². The SMILES string of the molecule is Cc1cccc(C)c1-c1ccc2c(n1)oc1c(-c3nc4ccccc4n3-c3ccc(-c4ccccc4)cc3C(C)(C)C)cccc12. The lowest BCUT2D eigenvalue weighted by atomic mass is 9.84. The molecule has 0 aliphatic carbocycles. The topological polar surface area (TPSA) is 43.9 Å². The van der Waals surface area contributed by atoms with E-state index in [1.54, 1.807) is 0 Å². The van der Waals surface area contributed by atoms with Crippen molar-refractivity contribution in [3.8, 4) is 39.5 Å². The maximum Gasteiger partial charge on any atom is 0.227 e. The molecule has 0 unspecified atom stereocenters. The molecule has 46 heavy (non-hydrogen) atoms. The third kappa shape index (κ3) is 4.52. The third-order valence-electron chi connectivity index (χ3n) is 9.06. The fourth-order valence-corrected chi connectivity index (χ4v) is 6.81. The Balaban J connectivity index is 1.38. The average molecular weight is 598 g/mol. The van der Waals surface area contributed by atoms with Gasteiger partial charge in [0.15, 0.2) is 0 Å². The van der Waals surface area contributed by atoms with Crippen LogP contribution in [0.1, 0.15) is 37.5 Å². The lowest BCUT2D eigenvalue weighted by Gasteiger charge is -2.25. The molecule has 0 aliphatic heterocycles. The summed E-state index contributed by atoms with van der Waals surface area (Å²) in [5.74, 6) is 0.846. The van der Waals surface area contributed by atoms with E-state index in [2.05, 4.69) is 154 Å². The molecule has 0 bridgehead atoms. The van der Waals surface area contributed by atoms with Gasteiger partial charge in [-0.3, -0.25) is 4.57 Å². The van der Waals surface area contributed by atoms with Gasteiger partial charge >= 0.3 is 0 Å². The van der Waals surface area contributed by atoms with Crippen LogP contribution >= 0.6 is 0 Å². The Kier molecular flexibility index (Phi) is 6.43. The van der Waals surface area contributed by atoms with Gasteiger partial charge in [-0.25, -0.2) is 9.97 Å². The average Bonchev–Trinajstić information content (AvgIpc) is 3.63. The molecule has 224 valence electrons. The highest BCUT2D eigenvalue weighted by Gasteiger charge is 2.25. The number of aryl methyl sites for hydroxylation is 2. The minimum Gasteiger partial charge on any atom is -0.437 e. The summed E-state index contributed by atoms with van der Waals surface area (Å²) < 4.78 is 8.98. The predicted octanol–water partition coefficient (Wildman–Crippen LogP) is 11.2. The van der Waals surface area contributed by atoms with Crippen LogP contribution in [0.5, 0.6) is 0 Å². The van der Waals surface area contributed by atoms with Crippen molar-refractivity contribution < 1.29 is 4.42 Å². The van der Waals surface area contributed by atoms with Gasteiger partial charge in [-0.1, -0.05) is 99.6 Å². The zero-order valence-corrected chi connectivity index (χ0v) is 26.8. The van der Waals surface area contributed by atoms with Crippen molar-refractivity contribution in [2.45, 2.75) is 40.0 Å². The summed E-state index contributed by atoms with van der Waals surface area (Å²) in [5, 5.41) is 2.03. The van der Waals surface area contributed by atoms with Crippen LogP contribution in [-0.4, -0.2) is 14.5 Å². The number of benzene rings is 5. The number of hydrogen-bond acceptors (Lipinski definition) is 3. The Morgan fingerprint density at radius 3 is 2.15 bits per heavy atom. The van der Waals surface area contributed by atoms with E-state index in [0.29, 0.717) is 5.71 Å². The molecule has 0 radical (unpaired) electrons. The molecular formula is C42H35N3O. The van der Waals surface area contributed by atoms with E-state index in [-0.39, 0.29) is 5.41 Å². The second kappa shape index (κ2) is 10.6. The quantitative estimate of drug-likeness (QED) is 0.203. The van der Waals surface area contributed by atoms with Gasteiger partial charge in [-0.2, -0.15) is 0 Å². The Morgan fingerprint density at radius 2 is 1.37 bits per heavy atom. The Hall–Kier alpha value is -5.48. The van der Waals surface area contributed by atoms with Crippen molar-refractivity contribution in [2.75, 3.05) is 0 Å². The predicted molar refractivity (Wildman–Crippen MR) is 191 cm³/mol. The van der Waals surface area contributed by atoms with Crippen molar-refractivity contribution in [3.63, 3.8) is 0 Å². The largest absolute Gasteiger partial charge is 0.437 e. The Bertz CT molecular complexity index is 2400. The van der Waals surface area contributed by atoms with Gasteiger partial charge in [-0.05, 0) is 89.5 Å². The number of nitrogens with zero attached hydrogens (tertiary/aromatic N) is 3. The molecule has 0 atom stereocenters. The van der Waals surface area contributed by atoms with Crippen LogP contribution in [0, 0.1) is 13.8 Å². The van der Waals surface area contributed by atoms with E-state index < -0.39 is 0 Å². The Labute approximate surface area is 269 Å². The summed E-state index contributed by atoms with van der Waals surface area (Å²) in [4.78, 5) is 10.3. The molecule has 0 spiro atoms. The van der Waals surface area contributed by atoms with Crippen LogP contribution in [0.4, 0.5) is 0 Å². The summed E-state index contributed by atoms with van der Waals surface area (Å²) in [5.41, 5.74) is 13.5. The van der Waals surface area contributed by atoms with E-state index in [4.69, 9.17) is 14.4 Å². The minimum atomic E-state index is -0.123. The molecule has 0 N–H and O–H groups in total. The molecule has 0 amide bonds. The van der Waals surface area contributed by atoms with E-state index in [1.807, 2.05) is 6.07 Å². The summed E-state index contributed by atoms with van der Waals surface area (Å²) >= 11 is 0. The number of pyridine rings is 1. The number of rotatable bonds is 4. The summed E-state index contributed by atoms with van der Waals surface area (Å²) in [6.07, 6.45) is 0. The highest BCUT2D eigenvalue weighted by molar-refractivity contribution is 6.09. The van der Waals surface area contributed by atoms with Crippen LogP contribution in [0.3, 0.4) is 0 Å². The van der Waals surface area contributed by atoms with Gasteiger partial charge in [-0.15, -0.1) is 0 Å². The first-order valence-corrected chi connectivity index (χ1v) is 15.8. The molecule has 0 saturated heterocycles. The second-order valence-corrected chi connectivity index (χ2v) is 13.2. The van der Waals surface area contributed by atoms with E-state index in [0.717, 1.165) is 55.7 Å². The standard InChI is InChI=1S/C42H35N3O/c1-26-13-11-14-27(2)38(26)35-23-22-31-30-17-12-18-32(39(30)46-41(31)44-35)40-43-34-19-9-10-20-37(34)45(40)36-24-21-29(25-33(36)42(3,4)5)28-15-7-6-8-16-28/h6-25H,1-5H3. The molecule has 4 heteroatoms. The third-order valence-corrected chi connectivity index (χ3v) is 9.06. The smallest absolute Gasteiger partial charge is 0.227 e. The summed E-state index contributed by atoms with van der Waals surface area (Å²) in [6.45, 7) is 11.1.